The Balaban J connectivity index is 2.88. The lowest BCUT2D eigenvalue weighted by Gasteiger charge is -2.27. The van der Waals surface area contributed by atoms with Gasteiger partial charge >= 0.3 is 5.97 Å². The van der Waals surface area contributed by atoms with Crippen molar-refractivity contribution in [2.45, 2.75) is 46.3 Å². The van der Waals surface area contributed by atoms with Crippen LogP contribution >= 0.6 is 0 Å². The van der Waals surface area contributed by atoms with Crippen molar-refractivity contribution in [2.75, 3.05) is 11.4 Å². The van der Waals surface area contributed by atoms with E-state index in [0.29, 0.717) is 18.4 Å². The number of rotatable bonds is 7. The number of carboxylic acids is 1. The zero-order valence-electron chi connectivity index (χ0n) is 11.8. The Hall–Kier alpha value is -1.85. The first-order valence-electron chi connectivity index (χ1n) is 6.42. The van der Waals surface area contributed by atoms with Gasteiger partial charge in [-0.15, -0.1) is 0 Å². The predicted octanol–water partition coefficient (Wildman–Crippen LogP) is 1.95. The zero-order valence-corrected chi connectivity index (χ0v) is 11.8. The summed E-state index contributed by atoms with van der Waals surface area (Å²) in [5.74, 6) is 0.163. The highest BCUT2D eigenvalue weighted by Gasteiger charge is 2.18. The molecule has 1 atom stereocenters. The Labute approximate surface area is 113 Å². The van der Waals surface area contributed by atoms with E-state index in [1.54, 1.807) is 12.3 Å². The topological polar surface area (TPSA) is 75.5 Å². The Bertz CT molecular complexity index is 423. The first-order valence-corrected chi connectivity index (χ1v) is 6.42. The third-order valence-electron chi connectivity index (χ3n) is 2.57. The molecule has 0 aliphatic carbocycles. The van der Waals surface area contributed by atoms with E-state index in [-0.39, 0.29) is 18.6 Å². The molecule has 1 unspecified atom stereocenters. The van der Waals surface area contributed by atoms with Gasteiger partial charge in [0.2, 0.25) is 11.8 Å². The number of carbonyl (C=O) groups is 1. The van der Waals surface area contributed by atoms with Crippen LogP contribution in [0.25, 0.3) is 0 Å². The van der Waals surface area contributed by atoms with E-state index in [1.165, 1.54) is 0 Å². The van der Waals surface area contributed by atoms with Crippen molar-refractivity contribution in [3.63, 3.8) is 0 Å². The van der Waals surface area contributed by atoms with Crippen LogP contribution in [0.1, 0.15) is 34.1 Å². The van der Waals surface area contributed by atoms with E-state index >= 15 is 0 Å². The zero-order chi connectivity index (χ0) is 14.4. The molecule has 0 bridgehead atoms. The number of carboxylic acid groups (broad SMARTS) is 1. The number of hydrogen-bond acceptors (Lipinski definition) is 5. The number of ether oxygens (including phenoxy) is 1. The molecule has 19 heavy (non-hydrogen) atoms. The van der Waals surface area contributed by atoms with Gasteiger partial charge in [-0.05, 0) is 27.7 Å². The molecule has 1 N–H and O–H groups in total. The van der Waals surface area contributed by atoms with Crippen LogP contribution in [-0.2, 0) is 4.79 Å². The fraction of sp³-hybridized carbons (Fsp3) is 0.615. The quantitative estimate of drug-likeness (QED) is 0.813. The summed E-state index contributed by atoms with van der Waals surface area (Å²) < 4.78 is 5.52. The van der Waals surface area contributed by atoms with Gasteiger partial charge in [0.05, 0.1) is 12.5 Å². The minimum absolute atomic E-state index is 0.0364. The van der Waals surface area contributed by atoms with Crippen molar-refractivity contribution in [3.05, 3.63) is 12.3 Å². The van der Waals surface area contributed by atoms with E-state index in [0.717, 1.165) is 0 Å². The van der Waals surface area contributed by atoms with Gasteiger partial charge in [0.15, 0.2) is 0 Å². The van der Waals surface area contributed by atoms with Crippen molar-refractivity contribution < 1.29 is 14.6 Å². The van der Waals surface area contributed by atoms with Crippen molar-refractivity contribution in [1.29, 1.82) is 0 Å². The number of aromatic nitrogens is 2. The first-order chi connectivity index (χ1) is 8.93. The molecule has 0 amide bonds. The third kappa shape index (κ3) is 4.73. The molecule has 0 saturated carbocycles. The van der Waals surface area contributed by atoms with Crippen molar-refractivity contribution in [2.24, 2.45) is 0 Å². The summed E-state index contributed by atoms with van der Waals surface area (Å²) in [6, 6.07) is 1.52. The molecule has 0 radical (unpaired) electrons. The predicted molar refractivity (Wildman–Crippen MR) is 72.5 cm³/mol. The van der Waals surface area contributed by atoms with Gasteiger partial charge in [-0.2, -0.15) is 4.98 Å². The smallest absolute Gasteiger partial charge is 0.305 e. The van der Waals surface area contributed by atoms with Gasteiger partial charge in [0, 0.05) is 24.8 Å². The molecule has 6 nitrogen and oxygen atoms in total. The van der Waals surface area contributed by atoms with Gasteiger partial charge in [-0.3, -0.25) is 4.79 Å². The van der Waals surface area contributed by atoms with Gasteiger partial charge < -0.3 is 14.7 Å². The lowest BCUT2D eigenvalue weighted by atomic mass is 10.2. The molecular formula is C13H21N3O3. The number of nitrogens with zero attached hydrogens (tertiary/aromatic N) is 3. The van der Waals surface area contributed by atoms with Gasteiger partial charge in [0.25, 0.3) is 0 Å². The van der Waals surface area contributed by atoms with Crippen LogP contribution < -0.4 is 9.64 Å². The second kappa shape index (κ2) is 6.92. The maximum absolute atomic E-state index is 10.8. The summed E-state index contributed by atoms with van der Waals surface area (Å²) in [4.78, 5) is 21.1. The largest absolute Gasteiger partial charge is 0.481 e. The molecule has 0 aliphatic heterocycles. The van der Waals surface area contributed by atoms with Crippen molar-refractivity contribution in [3.8, 4) is 5.88 Å². The van der Waals surface area contributed by atoms with Crippen LogP contribution in [0.3, 0.4) is 0 Å². The first kappa shape index (κ1) is 15.2. The highest BCUT2D eigenvalue weighted by molar-refractivity contribution is 5.68. The van der Waals surface area contributed by atoms with Gasteiger partial charge in [0.1, 0.15) is 0 Å². The summed E-state index contributed by atoms with van der Waals surface area (Å²) in [7, 11) is 0. The van der Waals surface area contributed by atoms with Gasteiger partial charge in [-0.1, -0.05) is 0 Å². The molecule has 1 aromatic rings. The minimum Gasteiger partial charge on any atom is -0.481 e. The standard InChI is InChI=1S/C13H21N3O3/c1-5-16(10(4)8-12(17)18)13-14-7-6-11(15-13)19-9(2)3/h6-7,9-10H,5,8H2,1-4H3,(H,17,18). The van der Waals surface area contributed by atoms with Crippen LogP contribution in [0.15, 0.2) is 12.3 Å². The van der Waals surface area contributed by atoms with E-state index in [4.69, 9.17) is 9.84 Å². The Kier molecular flexibility index (Phi) is 5.54. The lowest BCUT2D eigenvalue weighted by molar-refractivity contribution is -0.137. The molecule has 1 rings (SSSR count). The normalized spacial score (nSPS) is 12.3. The molecule has 0 saturated heterocycles. The van der Waals surface area contributed by atoms with Crippen LogP contribution in [0, 0.1) is 0 Å². The van der Waals surface area contributed by atoms with Crippen LogP contribution in [-0.4, -0.2) is 39.7 Å². The summed E-state index contributed by atoms with van der Waals surface area (Å²) in [5, 5.41) is 8.86. The Morgan fingerprint density at radius 1 is 1.47 bits per heavy atom. The van der Waals surface area contributed by atoms with E-state index in [2.05, 4.69) is 9.97 Å². The molecule has 1 aromatic heterocycles. The van der Waals surface area contributed by atoms with Crippen molar-refractivity contribution in [1.82, 2.24) is 9.97 Å². The van der Waals surface area contributed by atoms with E-state index in [9.17, 15) is 4.79 Å². The summed E-state index contributed by atoms with van der Waals surface area (Å²) in [6.45, 7) is 8.27. The molecule has 0 aliphatic rings. The van der Waals surface area contributed by atoms with Crippen LogP contribution in [0.5, 0.6) is 5.88 Å². The fourth-order valence-corrected chi connectivity index (χ4v) is 1.79. The highest BCUT2D eigenvalue weighted by atomic mass is 16.5. The summed E-state index contributed by atoms with van der Waals surface area (Å²) in [5.41, 5.74) is 0. The second-order valence-electron chi connectivity index (χ2n) is 4.59. The van der Waals surface area contributed by atoms with Gasteiger partial charge in [-0.25, -0.2) is 4.98 Å². The second-order valence-corrected chi connectivity index (χ2v) is 4.59. The molecule has 1 heterocycles. The average molecular weight is 267 g/mol. The van der Waals surface area contributed by atoms with E-state index < -0.39 is 5.97 Å². The maximum Gasteiger partial charge on any atom is 0.305 e. The van der Waals surface area contributed by atoms with E-state index in [1.807, 2.05) is 32.6 Å². The van der Waals surface area contributed by atoms with Crippen molar-refractivity contribution >= 4 is 11.9 Å². The SMILES string of the molecule is CCN(c1nccc(OC(C)C)n1)C(C)CC(=O)O. The molecular weight excluding hydrogens is 246 g/mol. The highest BCUT2D eigenvalue weighted by Crippen LogP contribution is 2.17. The fourth-order valence-electron chi connectivity index (χ4n) is 1.79. The van der Waals surface area contributed by atoms with Crippen LogP contribution in [0.4, 0.5) is 5.95 Å². The Morgan fingerprint density at radius 2 is 2.16 bits per heavy atom. The maximum atomic E-state index is 10.8. The molecule has 6 heteroatoms. The molecule has 0 fully saturated rings. The minimum atomic E-state index is -0.833. The number of aliphatic carboxylic acids is 1. The molecule has 0 aromatic carbocycles. The monoisotopic (exact) mass is 267 g/mol. The molecule has 0 spiro atoms. The number of hydrogen-bond donors (Lipinski definition) is 1. The summed E-state index contributed by atoms with van der Waals surface area (Å²) in [6.07, 6.45) is 1.71. The summed E-state index contributed by atoms with van der Waals surface area (Å²) >= 11 is 0. The molecule has 106 valence electrons. The van der Waals surface area contributed by atoms with Crippen LogP contribution in [0.2, 0.25) is 0 Å². The Morgan fingerprint density at radius 3 is 2.68 bits per heavy atom. The third-order valence-corrected chi connectivity index (χ3v) is 2.57. The number of anilines is 1. The average Bonchev–Trinajstić information content (AvgIpc) is 2.28. The lowest BCUT2D eigenvalue weighted by Crippen LogP contribution is -2.36.